The summed E-state index contributed by atoms with van der Waals surface area (Å²) in [4.78, 5) is 24.4. The van der Waals surface area contributed by atoms with E-state index in [9.17, 15) is 9.59 Å². The van der Waals surface area contributed by atoms with E-state index in [0.717, 1.165) is 32.1 Å². The number of rotatable bonds is 2. The lowest BCUT2D eigenvalue weighted by Gasteiger charge is -2.49. The van der Waals surface area contributed by atoms with Crippen LogP contribution in [0, 0.1) is 0 Å². The Morgan fingerprint density at radius 1 is 1.44 bits per heavy atom. The van der Waals surface area contributed by atoms with Gasteiger partial charge < -0.3 is 15.7 Å². The standard InChI is InChI=1S/C11H18N2O3/c12-8-3-1-4-11(5-2-6-11)13(10(8)16)7-9(14)15/h8H,1-7,12H2,(H,14,15). The molecule has 3 N–H and O–H groups in total. The quantitative estimate of drug-likeness (QED) is 0.711. The number of hydrogen-bond acceptors (Lipinski definition) is 3. The molecule has 90 valence electrons. The van der Waals surface area contributed by atoms with Gasteiger partial charge in [0.2, 0.25) is 5.91 Å². The Morgan fingerprint density at radius 2 is 2.06 bits per heavy atom. The first-order valence-electron chi connectivity index (χ1n) is 5.84. The van der Waals surface area contributed by atoms with E-state index >= 15 is 0 Å². The van der Waals surface area contributed by atoms with Crippen LogP contribution in [-0.2, 0) is 9.59 Å². The normalized spacial score (nSPS) is 28.7. The van der Waals surface area contributed by atoms with Gasteiger partial charge >= 0.3 is 5.97 Å². The summed E-state index contributed by atoms with van der Waals surface area (Å²) in [6, 6.07) is -0.515. The zero-order chi connectivity index (χ0) is 11.8. The van der Waals surface area contributed by atoms with Crippen LogP contribution in [0.2, 0.25) is 0 Å². The minimum atomic E-state index is -0.950. The molecule has 5 nitrogen and oxygen atoms in total. The topological polar surface area (TPSA) is 83.6 Å². The Balaban J connectivity index is 2.22. The smallest absolute Gasteiger partial charge is 0.323 e. The molecule has 1 unspecified atom stereocenters. The molecule has 0 bridgehead atoms. The van der Waals surface area contributed by atoms with Crippen molar-refractivity contribution in [1.29, 1.82) is 0 Å². The molecule has 1 atom stereocenters. The maximum atomic E-state index is 12.0. The molecule has 5 heteroatoms. The average Bonchev–Trinajstić information content (AvgIpc) is 2.27. The first-order valence-corrected chi connectivity index (χ1v) is 5.84. The molecule has 1 saturated carbocycles. The van der Waals surface area contributed by atoms with Crippen molar-refractivity contribution in [2.75, 3.05) is 6.54 Å². The second-order valence-electron chi connectivity index (χ2n) is 4.89. The largest absolute Gasteiger partial charge is 0.480 e. The van der Waals surface area contributed by atoms with Gasteiger partial charge in [-0.15, -0.1) is 0 Å². The number of hydrogen-bond donors (Lipinski definition) is 2. The van der Waals surface area contributed by atoms with Crippen LogP contribution >= 0.6 is 0 Å². The number of carboxylic acids is 1. The lowest BCUT2D eigenvalue weighted by Crippen LogP contribution is -2.59. The van der Waals surface area contributed by atoms with Crippen molar-refractivity contribution in [3.63, 3.8) is 0 Å². The van der Waals surface area contributed by atoms with Crippen LogP contribution in [0.25, 0.3) is 0 Å². The molecule has 1 aliphatic carbocycles. The molecule has 16 heavy (non-hydrogen) atoms. The van der Waals surface area contributed by atoms with Gasteiger partial charge in [0.1, 0.15) is 6.54 Å². The lowest BCUT2D eigenvalue weighted by molar-refractivity contribution is -0.153. The highest BCUT2D eigenvalue weighted by Crippen LogP contribution is 2.43. The second-order valence-corrected chi connectivity index (χ2v) is 4.89. The number of likely N-dealkylation sites (tertiary alicyclic amines) is 1. The predicted molar refractivity (Wildman–Crippen MR) is 57.8 cm³/mol. The second kappa shape index (κ2) is 4.05. The van der Waals surface area contributed by atoms with Gasteiger partial charge in [0.25, 0.3) is 0 Å². The molecule has 1 heterocycles. The van der Waals surface area contributed by atoms with Crippen LogP contribution in [0.3, 0.4) is 0 Å². The molecule has 1 saturated heterocycles. The van der Waals surface area contributed by atoms with E-state index in [1.165, 1.54) is 4.90 Å². The number of nitrogens with two attached hydrogens (primary N) is 1. The molecular formula is C11H18N2O3. The molecule has 1 aliphatic heterocycles. The van der Waals surface area contributed by atoms with Gasteiger partial charge in [0.05, 0.1) is 6.04 Å². The fourth-order valence-corrected chi connectivity index (χ4v) is 2.83. The van der Waals surface area contributed by atoms with Crippen molar-refractivity contribution in [3.05, 3.63) is 0 Å². The summed E-state index contributed by atoms with van der Waals surface area (Å²) in [5.74, 6) is -1.13. The number of carboxylic acid groups (broad SMARTS) is 1. The van der Waals surface area contributed by atoms with Crippen LogP contribution in [0.1, 0.15) is 38.5 Å². The summed E-state index contributed by atoms with van der Waals surface area (Å²) >= 11 is 0. The molecule has 0 aromatic carbocycles. The minimum absolute atomic E-state index is 0.181. The fourth-order valence-electron chi connectivity index (χ4n) is 2.83. The number of aliphatic carboxylic acids is 1. The van der Waals surface area contributed by atoms with E-state index < -0.39 is 12.0 Å². The molecule has 0 radical (unpaired) electrons. The summed E-state index contributed by atoms with van der Waals surface area (Å²) in [7, 11) is 0. The molecule has 2 fully saturated rings. The zero-order valence-corrected chi connectivity index (χ0v) is 9.32. The minimum Gasteiger partial charge on any atom is -0.480 e. The Labute approximate surface area is 94.6 Å². The maximum absolute atomic E-state index is 12.0. The molecule has 1 amide bonds. The number of amides is 1. The Morgan fingerprint density at radius 3 is 2.56 bits per heavy atom. The Kier molecular flexibility index (Phi) is 2.88. The molecule has 2 rings (SSSR count). The van der Waals surface area contributed by atoms with E-state index in [2.05, 4.69) is 0 Å². The van der Waals surface area contributed by atoms with Crippen LogP contribution in [0.4, 0.5) is 0 Å². The van der Waals surface area contributed by atoms with Gasteiger partial charge in [-0.3, -0.25) is 9.59 Å². The van der Waals surface area contributed by atoms with Crippen molar-refractivity contribution >= 4 is 11.9 Å². The first kappa shape index (κ1) is 11.4. The van der Waals surface area contributed by atoms with Gasteiger partial charge in [-0.05, 0) is 38.5 Å². The van der Waals surface area contributed by atoms with Gasteiger partial charge in [-0.25, -0.2) is 0 Å². The number of carbonyl (C=O) groups is 2. The Bertz CT molecular complexity index is 312. The summed E-state index contributed by atoms with van der Waals surface area (Å²) in [5.41, 5.74) is 5.57. The average molecular weight is 226 g/mol. The van der Waals surface area contributed by atoms with Crippen molar-refractivity contribution in [1.82, 2.24) is 4.90 Å². The third-order valence-corrected chi connectivity index (χ3v) is 3.89. The third-order valence-electron chi connectivity index (χ3n) is 3.89. The molecule has 1 spiro atoms. The third kappa shape index (κ3) is 1.80. The summed E-state index contributed by atoms with van der Waals surface area (Å²) in [6.45, 7) is -0.202. The molecule has 0 aromatic heterocycles. The molecule has 0 aromatic rings. The maximum Gasteiger partial charge on any atom is 0.323 e. The molecule has 2 aliphatic rings. The van der Waals surface area contributed by atoms with E-state index in [1.54, 1.807) is 0 Å². The van der Waals surface area contributed by atoms with E-state index in [-0.39, 0.29) is 18.0 Å². The first-order chi connectivity index (χ1) is 7.55. The van der Waals surface area contributed by atoms with Crippen LogP contribution in [0.5, 0.6) is 0 Å². The summed E-state index contributed by atoms with van der Waals surface area (Å²) in [6.07, 6.45) is 5.44. The van der Waals surface area contributed by atoms with Crippen molar-refractivity contribution in [2.45, 2.75) is 50.1 Å². The predicted octanol–water partition coefficient (Wildman–Crippen LogP) is 0.333. The zero-order valence-electron chi connectivity index (χ0n) is 9.32. The monoisotopic (exact) mass is 226 g/mol. The van der Waals surface area contributed by atoms with Gasteiger partial charge in [0.15, 0.2) is 0 Å². The highest BCUT2D eigenvalue weighted by atomic mass is 16.4. The highest BCUT2D eigenvalue weighted by molar-refractivity contribution is 5.86. The Hall–Kier alpha value is -1.10. The van der Waals surface area contributed by atoms with Crippen LogP contribution < -0.4 is 5.73 Å². The van der Waals surface area contributed by atoms with Gasteiger partial charge in [-0.2, -0.15) is 0 Å². The fraction of sp³-hybridized carbons (Fsp3) is 0.818. The highest BCUT2D eigenvalue weighted by Gasteiger charge is 2.47. The summed E-state index contributed by atoms with van der Waals surface area (Å²) < 4.78 is 0. The van der Waals surface area contributed by atoms with Crippen LogP contribution in [-0.4, -0.2) is 40.0 Å². The SMILES string of the molecule is NC1CCCC2(CCC2)N(CC(=O)O)C1=O. The van der Waals surface area contributed by atoms with E-state index in [4.69, 9.17) is 10.8 Å². The van der Waals surface area contributed by atoms with Crippen LogP contribution in [0.15, 0.2) is 0 Å². The van der Waals surface area contributed by atoms with Crippen molar-refractivity contribution < 1.29 is 14.7 Å². The van der Waals surface area contributed by atoms with E-state index in [0.29, 0.717) is 6.42 Å². The van der Waals surface area contributed by atoms with Crippen molar-refractivity contribution in [3.8, 4) is 0 Å². The van der Waals surface area contributed by atoms with Gasteiger partial charge in [-0.1, -0.05) is 0 Å². The number of nitrogens with zero attached hydrogens (tertiary/aromatic N) is 1. The van der Waals surface area contributed by atoms with Crippen molar-refractivity contribution in [2.24, 2.45) is 5.73 Å². The lowest BCUT2D eigenvalue weighted by atomic mass is 9.72. The molecular weight excluding hydrogens is 208 g/mol. The van der Waals surface area contributed by atoms with Gasteiger partial charge in [0, 0.05) is 5.54 Å². The number of carbonyl (C=O) groups excluding carboxylic acids is 1. The van der Waals surface area contributed by atoms with E-state index in [1.807, 2.05) is 0 Å². The summed E-state index contributed by atoms with van der Waals surface area (Å²) in [5, 5.41) is 8.88.